The summed E-state index contributed by atoms with van der Waals surface area (Å²) in [5, 5.41) is 8.59. The summed E-state index contributed by atoms with van der Waals surface area (Å²) >= 11 is 6.23. The summed E-state index contributed by atoms with van der Waals surface area (Å²) in [5.74, 6) is -0.670. The van der Waals surface area contributed by atoms with Gasteiger partial charge < -0.3 is 25.1 Å². The van der Waals surface area contributed by atoms with E-state index >= 15 is 0 Å². The molecule has 0 aliphatic heterocycles. The minimum absolute atomic E-state index is 0.00844. The second-order valence-corrected chi connectivity index (χ2v) is 15.2. The number of furan rings is 1. The number of anilines is 2. The number of esters is 1. The maximum Gasteiger partial charge on any atom is 0.341 e. The van der Waals surface area contributed by atoms with Crippen molar-refractivity contribution in [2.24, 2.45) is 0 Å². The molecular formula is C39H34BrN3O6S2. The van der Waals surface area contributed by atoms with Crippen LogP contribution in [-0.4, -0.2) is 36.1 Å². The van der Waals surface area contributed by atoms with Crippen LogP contribution in [0.1, 0.15) is 56.7 Å². The molecule has 3 aromatic carbocycles. The van der Waals surface area contributed by atoms with Gasteiger partial charge in [0.15, 0.2) is 0 Å². The maximum atomic E-state index is 13.6. The fourth-order valence-corrected chi connectivity index (χ4v) is 7.95. The Bertz CT molecular complexity index is 2090. The molecule has 1 unspecified atom stereocenters. The number of hydrogen-bond donors (Lipinski definition) is 3. The number of halogens is 1. The number of carbonyl (C=O) groups excluding carboxylic acids is 4. The largest absolute Gasteiger partial charge is 0.465 e. The Kier molecular flexibility index (Phi) is 11.5. The van der Waals surface area contributed by atoms with Gasteiger partial charge in [-0.2, -0.15) is 0 Å². The topological polar surface area (TPSA) is 127 Å². The van der Waals surface area contributed by atoms with E-state index in [1.165, 1.54) is 36.3 Å². The summed E-state index contributed by atoms with van der Waals surface area (Å²) in [6, 6.07) is 26.8. The predicted molar refractivity (Wildman–Crippen MR) is 205 cm³/mol. The van der Waals surface area contributed by atoms with E-state index in [-0.39, 0.29) is 11.6 Å². The van der Waals surface area contributed by atoms with Gasteiger partial charge >= 0.3 is 5.97 Å². The number of benzene rings is 3. The lowest BCUT2D eigenvalue weighted by Crippen LogP contribution is -2.30. The molecule has 3 amide bonds. The summed E-state index contributed by atoms with van der Waals surface area (Å²) in [7, 11) is 1.35. The molecule has 2 heterocycles. The molecule has 0 bridgehead atoms. The Balaban J connectivity index is 1.13. The molecule has 0 saturated heterocycles. The fourth-order valence-electron chi connectivity index (χ4n) is 5.54. The molecule has 0 fully saturated rings. The Hall–Kier alpha value is -4.91. The van der Waals surface area contributed by atoms with Gasteiger partial charge in [0.05, 0.1) is 17.9 Å². The van der Waals surface area contributed by atoms with E-state index in [1.807, 2.05) is 24.3 Å². The Labute approximate surface area is 312 Å². The van der Waals surface area contributed by atoms with Crippen LogP contribution in [-0.2, 0) is 27.2 Å². The van der Waals surface area contributed by atoms with Crippen LogP contribution in [0.4, 0.5) is 10.7 Å². The fraction of sp³-hybridized carbons (Fsp3) is 0.179. The second kappa shape index (κ2) is 16.4. The third-order valence-electron chi connectivity index (χ3n) is 8.16. The minimum atomic E-state index is -0.547. The SMILES string of the molecule is COC(=O)c1c(NC(=O)C(C)Sc2ccc(NC(=O)/C(=C/c3ccc(-c4ccc(Br)cc4)o3)NC(=O)c3ccccc3)cc2)sc2c1CCCC2. The Morgan fingerprint density at radius 2 is 1.63 bits per heavy atom. The lowest BCUT2D eigenvalue weighted by molar-refractivity contribution is -0.115. The highest BCUT2D eigenvalue weighted by molar-refractivity contribution is 9.10. The number of thiophene rings is 1. The predicted octanol–water partition coefficient (Wildman–Crippen LogP) is 8.96. The van der Waals surface area contributed by atoms with Crippen molar-refractivity contribution in [2.45, 2.75) is 42.8 Å². The number of amides is 3. The molecule has 1 atom stereocenters. The first-order valence-corrected chi connectivity index (χ1v) is 18.7. The summed E-state index contributed by atoms with van der Waals surface area (Å²) < 4.78 is 12.0. The first-order valence-electron chi connectivity index (χ1n) is 16.2. The molecule has 1 aliphatic carbocycles. The Morgan fingerprint density at radius 1 is 0.902 bits per heavy atom. The molecule has 5 aromatic rings. The molecule has 260 valence electrons. The third kappa shape index (κ3) is 8.88. The third-order valence-corrected chi connectivity index (χ3v) is 11.0. The van der Waals surface area contributed by atoms with Gasteiger partial charge in [-0.25, -0.2) is 4.79 Å². The first-order chi connectivity index (χ1) is 24.7. The molecule has 0 saturated carbocycles. The van der Waals surface area contributed by atoms with Crippen LogP contribution in [0.15, 0.2) is 110 Å². The molecule has 6 rings (SSSR count). The second-order valence-electron chi connectivity index (χ2n) is 11.7. The molecule has 0 spiro atoms. The maximum absolute atomic E-state index is 13.6. The van der Waals surface area contributed by atoms with E-state index in [0.29, 0.717) is 33.3 Å². The Morgan fingerprint density at radius 3 is 2.35 bits per heavy atom. The molecule has 51 heavy (non-hydrogen) atoms. The van der Waals surface area contributed by atoms with Crippen LogP contribution in [0.5, 0.6) is 0 Å². The molecule has 0 radical (unpaired) electrons. The van der Waals surface area contributed by atoms with E-state index in [4.69, 9.17) is 9.15 Å². The van der Waals surface area contributed by atoms with Crippen LogP contribution < -0.4 is 16.0 Å². The smallest absolute Gasteiger partial charge is 0.341 e. The average molecular weight is 785 g/mol. The number of rotatable bonds is 11. The van der Waals surface area contributed by atoms with E-state index in [0.717, 1.165) is 51.1 Å². The number of hydrogen-bond acceptors (Lipinski definition) is 8. The van der Waals surface area contributed by atoms with E-state index in [9.17, 15) is 19.2 Å². The number of fused-ring (bicyclic) bond motifs is 1. The number of thioether (sulfide) groups is 1. The van der Waals surface area contributed by atoms with Crippen molar-refractivity contribution < 1.29 is 28.3 Å². The van der Waals surface area contributed by atoms with Gasteiger partial charge in [-0.15, -0.1) is 23.1 Å². The van der Waals surface area contributed by atoms with Crippen molar-refractivity contribution in [3.63, 3.8) is 0 Å². The highest BCUT2D eigenvalue weighted by Crippen LogP contribution is 2.39. The number of methoxy groups -OCH3 is 1. The lowest BCUT2D eigenvalue weighted by atomic mass is 9.95. The first kappa shape index (κ1) is 35.9. The molecule has 3 N–H and O–H groups in total. The van der Waals surface area contributed by atoms with Crippen molar-refractivity contribution in [1.82, 2.24) is 5.32 Å². The van der Waals surface area contributed by atoms with Crippen LogP contribution in [0.3, 0.4) is 0 Å². The number of nitrogens with one attached hydrogen (secondary N) is 3. The van der Waals surface area contributed by atoms with Crippen LogP contribution in [0.2, 0.25) is 0 Å². The van der Waals surface area contributed by atoms with Gasteiger partial charge in [0, 0.05) is 37.1 Å². The van der Waals surface area contributed by atoms with Crippen molar-refractivity contribution in [3.05, 3.63) is 128 Å². The van der Waals surface area contributed by atoms with Gasteiger partial charge in [-0.1, -0.05) is 46.3 Å². The van der Waals surface area contributed by atoms with Crippen molar-refractivity contribution >= 4 is 79.5 Å². The van der Waals surface area contributed by atoms with Crippen molar-refractivity contribution in [2.75, 3.05) is 17.7 Å². The molecule has 9 nitrogen and oxygen atoms in total. The molecule has 1 aliphatic rings. The zero-order chi connectivity index (χ0) is 35.9. The van der Waals surface area contributed by atoms with Crippen LogP contribution in [0.25, 0.3) is 17.4 Å². The van der Waals surface area contributed by atoms with Crippen molar-refractivity contribution in [1.29, 1.82) is 0 Å². The normalized spacial score (nSPS) is 13.1. The summed E-state index contributed by atoms with van der Waals surface area (Å²) in [4.78, 5) is 54.4. The summed E-state index contributed by atoms with van der Waals surface area (Å²) in [6.07, 6.45) is 5.23. The number of ether oxygens (including phenoxy) is 1. The van der Waals surface area contributed by atoms with Gasteiger partial charge in [0.1, 0.15) is 22.2 Å². The van der Waals surface area contributed by atoms with E-state index < -0.39 is 23.0 Å². The van der Waals surface area contributed by atoms with Gasteiger partial charge in [0.2, 0.25) is 5.91 Å². The lowest BCUT2D eigenvalue weighted by Gasteiger charge is -2.14. The zero-order valence-corrected chi connectivity index (χ0v) is 31.0. The highest BCUT2D eigenvalue weighted by Gasteiger charge is 2.28. The van der Waals surface area contributed by atoms with E-state index in [1.54, 1.807) is 73.7 Å². The van der Waals surface area contributed by atoms with Crippen LogP contribution >= 0.6 is 39.0 Å². The van der Waals surface area contributed by atoms with Crippen molar-refractivity contribution in [3.8, 4) is 11.3 Å². The van der Waals surface area contributed by atoms with Gasteiger partial charge in [0.25, 0.3) is 11.8 Å². The standard InChI is InChI=1S/C39H34BrN3O6S2/c1-23(35(44)43-38-34(39(47)48-2)30-10-6-7-11-33(30)51-38)50-29-19-16-27(17-20-29)41-37(46)31(42-36(45)25-8-4-3-5-9-25)22-28-18-21-32(49-28)24-12-14-26(40)15-13-24/h3-5,8-9,12-23H,6-7,10-11H2,1-2H3,(H,41,46)(H,42,45)(H,43,44)/b31-22-. The number of aryl methyl sites for hydroxylation is 1. The highest BCUT2D eigenvalue weighted by atomic mass is 79.9. The van der Waals surface area contributed by atoms with E-state index in [2.05, 4.69) is 31.9 Å². The quantitative estimate of drug-likeness (QED) is 0.0694. The summed E-state index contributed by atoms with van der Waals surface area (Å²) in [5.41, 5.74) is 3.19. The molecule has 2 aromatic heterocycles. The molecule has 12 heteroatoms. The monoisotopic (exact) mass is 783 g/mol. The average Bonchev–Trinajstić information content (AvgIpc) is 3.76. The van der Waals surface area contributed by atoms with Gasteiger partial charge in [-0.3, -0.25) is 14.4 Å². The molecular weight excluding hydrogens is 750 g/mol. The minimum Gasteiger partial charge on any atom is -0.465 e. The zero-order valence-electron chi connectivity index (χ0n) is 27.8. The number of carbonyl (C=O) groups is 4. The van der Waals surface area contributed by atoms with Gasteiger partial charge in [-0.05, 0) is 98.8 Å². The summed E-state index contributed by atoms with van der Waals surface area (Å²) in [6.45, 7) is 1.80. The van der Waals surface area contributed by atoms with Crippen LogP contribution in [0, 0.1) is 0 Å².